The molecule has 0 aliphatic carbocycles. The lowest BCUT2D eigenvalue weighted by atomic mass is 10.1. The Morgan fingerprint density at radius 1 is 1.17 bits per heavy atom. The first-order valence-corrected chi connectivity index (χ1v) is 9.89. The highest BCUT2D eigenvalue weighted by atomic mass is 32.1. The Hall–Kier alpha value is -3.02. The number of hydrogen-bond acceptors (Lipinski definition) is 8. The van der Waals surface area contributed by atoms with E-state index in [0.717, 1.165) is 36.5 Å². The number of morpholine rings is 1. The summed E-state index contributed by atoms with van der Waals surface area (Å²) in [5, 5.41) is 17.8. The molecule has 30 heavy (non-hydrogen) atoms. The molecule has 0 bridgehead atoms. The van der Waals surface area contributed by atoms with Gasteiger partial charge >= 0.3 is 0 Å². The van der Waals surface area contributed by atoms with Crippen LogP contribution >= 0.6 is 11.3 Å². The van der Waals surface area contributed by atoms with Gasteiger partial charge in [0.05, 0.1) is 25.1 Å². The van der Waals surface area contributed by atoms with E-state index in [4.69, 9.17) is 9.94 Å². The van der Waals surface area contributed by atoms with Crippen molar-refractivity contribution in [3.05, 3.63) is 58.4 Å². The van der Waals surface area contributed by atoms with Gasteiger partial charge in [0.25, 0.3) is 5.91 Å². The lowest BCUT2D eigenvalue weighted by Crippen LogP contribution is -2.36. The summed E-state index contributed by atoms with van der Waals surface area (Å²) in [6.45, 7) is 2.86. The Labute approximate surface area is 174 Å². The van der Waals surface area contributed by atoms with E-state index in [-0.39, 0.29) is 17.5 Å². The van der Waals surface area contributed by atoms with Crippen LogP contribution in [0.4, 0.5) is 14.5 Å². The topological polar surface area (TPSA) is 100 Å². The van der Waals surface area contributed by atoms with E-state index >= 15 is 0 Å². The fourth-order valence-electron chi connectivity index (χ4n) is 3.10. The van der Waals surface area contributed by atoms with E-state index in [1.807, 2.05) is 6.07 Å². The zero-order valence-corrected chi connectivity index (χ0v) is 16.5. The third-order valence-electron chi connectivity index (χ3n) is 4.65. The number of pyridine rings is 1. The van der Waals surface area contributed by atoms with Crippen molar-refractivity contribution in [2.45, 2.75) is 6.42 Å². The molecule has 1 saturated heterocycles. The van der Waals surface area contributed by atoms with Gasteiger partial charge in [-0.2, -0.15) is 0 Å². The standard InChI is InChI=1S/C19H17F2N5O3S/c20-15-6-11(18(27)25-28)7-16(21)14(15)8-17-23-24-19(30-17)12-5-13(10-22-9-12)26-1-3-29-4-2-26/h5-7,9-10,28H,1-4,8H2,(H,25,27). The number of nitrogens with one attached hydrogen (secondary N) is 1. The molecular weight excluding hydrogens is 416 g/mol. The summed E-state index contributed by atoms with van der Waals surface area (Å²) in [5.41, 5.74) is 2.51. The molecule has 0 spiro atoms. The Kier molecular flexibility index (Phi) is 5.93. The van der Waals surface area contributed by atoms with Crippen LogP contribution in [0.3, 0.4) is 0 Å². The predicted molar refractivity (Wildman–Crippen MR) is 105 cm³/mol. The van der Waals surface area contributed by atoms with E-state index in [0.29, 0.717) is 23.2 Å². The molecule has 1 fully saturated rings. The number of carbonyl (C=O) groups is 1. The fraction of sp³-hybridized carbons (Fsp3) is 0.263. The zero-order valence-electron chi connectivity index (χ0n) is 15.6. The van der Waals surface area contributed by atoms with Gasteiger partial charge in [-0.15, -0.1) is 10.2 Å². The van der Waals surface area contributed by atoms with Crippen LogP contribution in [-0.4, -0.2) is 52.6 Å². The fourth-order valence-corrected chi connectivity index (χ4v) is 3.93. The van der Waals surface area contributed by atoms with Gasteiger partial charge in [0.15, 0.2) is 0 Å². The van der Waals surface area contributed by atoms with Crippen molar-refractivity contribution in [2.75, 3.05) is 31.2 Å². The molecule has 1 aliphatic rings. The van der Waals surface area contributed by atoms with Crippen molar-refractivity contribution in [3.8, 4) is 10.6 Å². The summed E-state index contributed by atoms with van der Waals surface area (Å²) in [5.74, 6) is -2.80. The van der Waals surface area contributed by atoms with E-state index in [1.54, 1.807) is 12.4 Å². The maximum Gasteiger partial charge on any atom is 0.274 e. The smallest absolute Gasteiger partial charge is 0.274 e. The van der Waals surface area contributed by atoms with E-state index in [2.05, 4.69) is 20.1 Å². The molecule has 2 N–H and O–H groups in total. The van der Waals surface area contributed by atoms with Crippen LogP contribution in [-0.2, 0) is 11.2 Å². The minimum Gasteiger partial charge on any atom is -0.378 e. The summed E-state index contributed by atoms with van der Waals surface area (Å²) in [6, 6.07) is 3.68. The van der Waals surface area contributed by atoms with Gasteiger partial charge in [0.2, 0.25) is 0 Å². The average molecular weight is 433 g/mol. The van der Waals surface area contributed by atoms with Gasteiger partial charge in [0, 0.05) is 42.4 Å². The van der Waals surface area contributed by atoms with Crippen LogP contribution in [0.5, 0.6) is 0 Å². The molecule has 11 heteroatoms. The third kappa shape index (κ3) is 4.27. The summed E-state index contributed by atoms with van der Waals surface area (Å²) >= 11 is 1.21. The van der Waals surface area contributed by atoms with Crippen LogP contribution in [0.2, 0.25) is 0 Å². The summed E-state index contributed by atoms with van der Waals surface area (Å²) in [7, 11) is 0. The van der Waals surface area contributed by atoms with Crippen LogP contribution < -0.4 is 10.4 Å². The second-order valence-electron chi connectivity index (χ2n) is 6.57. The number of amides is 1. The molecule has 0 saturated carbocycles. The van der Waals surface area contributed by atoms with Gasteiger partial charge in [-0.05, 0) is 18.2 Å². The number of anilines is 1. The van der Waals surface area contributed by atoms with Crippen molar-refractivity contribution in [3.63, 3.8) is 0 Å². The van der Waals surface area contributed by atoms with Gasteiger partial charge in [-0.3, -0.25) is 15.0 Å². The summed E-state index contributed by atoms with van der Waals surface area (Å²) in [4.78, 5) is 17.8. The highest BCUT2D eigenvalue weighted by molar-refractivity contribution is 7.14. The molecule has 2 aromatic heterocycles. The van der Waals surface area contributed by atoms with Crippen molar-refractivity contribution < 1.29 is 23.5 Å². The second-order valence-corrected chi connectivity index (χ2v) is 7.63. The second kappa shape index (κ2) is 8.78. The number of hydrogen-bond donors (Lipinski definition) is 2. The highest BCUT2D eigenvalue weighted by Crippen LogP contribution is 2.28. The Bertz CT molecular complexity index is 1050. The first-order valence-electron chi connectivity index (χ1n) is 9.08. The van der Waals surface area contributed by atoms with Gasteiger partial charge in [0.1, 0.15) is 21.6 Å². The van der Waals surface area contributed by atoms with E-state index in [9.17, 15) is 13.6 Å². The van der Waals surface area contributed by atoms with Gasteiger partial charge in [-0.25, -0.2) is 14.3 Å². The van der Waals surface area contributed by atoms with Crippen molar-refractivity contribution in [1.82, 2.24) is 20.7 Å². The number of rotatable bonds is 5. The summed E-state index contributed by atoms with van der Waals surface area (Å²) in [6.07, 6.45) is 3.32. The molecule has 3 heterocycles. The molecular formula is C19H17F2N5O3S. The number of carbonyl (C=O) groups excluding carboxylic acids is 1. The predicted octanol–water partition coefficient (Wildman–Crippen LogP) is 2.42. The lowest BCUT2D eigenvalue weighted by molar-refractivity contribution is 0.0705. The molecule has 1 amide bonds. The largest absolute Gasteiger partial charge is 0.378 e. The van der Waals surface area contributed by atoms with E-state index in [1.165, 1.54) is 16.8 Å². The number of nitrogens with zero attached hydrogens (tertiary/aromatic N) is 4. The van der Waals surface area contributed by atoms with Crippen LogP contribution in [0.1, 0.15) is 20.9 Å². The molecule has 0 atom stereocenters. The number of halogens is 2. The lowest BCUT2D eigenvalue weighted by Gasteiger charge is -2.28. The Balaban J connectivity index is 1.55. The SMILES string of the molecule is O=C(NO)c1cc(F)c(Cc2nnc(-c3cncc(N4CCOCC4)c3)s2)c(F)c1. The molecule has 156 valence electrons. The quantitative estimate of drug-likeness (QED) is 0.471. The number of hydroxylamine groups is 1. The third-order valence-corrected chi connectivity index (χ3v) is 5.62. The van der Waals surface area contributed by atoms with Crippen LogP contribution in [0.15, 0.2) is 30.6 Å². The van der Waals surface area contributed by atoms with Gasteiger partial charge < -0.3 is 9.64 Å². The molecule has 1 aliphatic heterocycles. The monoisotopic (exact) mass is 433 g/mol. The normalized spacial score (nSPS) is 14.0. The molecule has 1 aromatic carbocycles. The minimum atomic E-state index is -0.995. The Morgan fingerprint density at radius 2 is 1.90 bits per heavy atom. The summed E-state index contributed by atoms with van der Waals surface area (Å²) < 4.78 is 34.0. The molecule has 8 nitrogen and oxygen atoms in total. The molecule has 4 rings (SSSR count). The maximum atomic E-state index is 14.3. The first-order chi connectivity index (χ1) is 14.5. The Morgan fingerprint density at radius 3 is 2.60 bits per heavy atom. The number of aromatic nitrogens is 3. The van der Waals surface area contributed by atoms with Crippen molar-refractivity contribution in [1.29, 1.82) is 0 Å². The minimum absolute atomic E-state index is 0.118. The zero-order chi connectivity index (χ0) is 21.1. The molecule has 3 aromatic rings. The number of ether oxygens (including phenoxy) is 1. The van der Waals surface area contributed by atoms with Crippen molar-refractivity contribution in [2.24, 2.45) is 0 Å². The molecule has 0 radical (unpaired) electrons. The van der Waals surface area contributed by atoms with Crippen LogP contribution in [0.25, 0.3) is 10.6 Å². The molecule has 0 unspecified atom stereocenters. The van der Waals surface area contributed by atoms with Crippen LogP contribution in [0, 0.1) is 11.6 Å². The highest BCUT2D eigenvalue weighted by Gasteiger charge is 2.18. The number of benzene rings is 1. The van der Waals surface area contributed by atoms with E-state index < -0.39 is 17.5 Å². The maximum absolute atomic E-state index is 14.3. The van der Waals surface area contributed by atoms with Gasteiger partial charge in [-0.1, -0.05) is 11.3 Å². The van der Waals surface area contributed by atoms with Crippen molar-refractivity contribution >= 4 is 22.9 Å². The first kappa shape index (κ1) is 20.3. The average Bonchev–Trinajstić information content (AvgIpc) is 3.25.